The van der Waals surface area contributed by atoms with Gasteiger partial charge in [0.05, 0.1) is 5.01 Å². The van der Waals surface area contributed by atoms with Gasteiger partial charge >= 0.3 is 0 Å². The quantitative estimate of drug-likeness (QED) is 0.549. The number of carbonyl (C=O) groups excluding carboxylic acids is 1. The fraction of sp³-hybridized carbons (Fsp3) is 0.238. The third-order valence-electron chi connectivity index (χ3n) is 4.68. The number of carbonyl (C=O) groups is 1. The van der Waals surface area contributed by atoms with Gasteiger partial charge in [-0.2, -0.15) is 0 Å². The van der Waals surface area contributed by atoms with Crippen molar-refractivity contribution < 1.29 is 9.18 Å². The van der Waals surface area contributed by atoms with Gasteiger partial charge in [0.1, 0.15) is 5.82 Å². The predicted molar refractivity (Wildman–Crippen MR) is 109 cm³/mol. The lowest BCUT2D eigenvalue weighted by Gasteiger charge is -2.31. The fourth-order valence-corrected chi connectivity index (χ4v) is 4.97. The maximum atomic E-state index is 13.1. The zero-order valence-corrected chi connectivity index (χ0v) is 16.3. The third-order valence-corrected chi connectivity index (χ3v) is 6.72. The minimum atomic E-state index is -0.237. The smallest absolute Gasteiger partial charge is 0.246 e. The molecule has 4 rings (SSSR count). The molecule has 1 atom stereocenters. The Kier molecular flexibility index (Phi) is 5.45. The zero-order valence-electron chi connectivity index (χ0n) is 14.7. The molecule has 0 bridgehead atoms. The summed E-state index contributed by atoms with van der Waals surface area (Å²) in [5.74, 6) is 0.162. The molecule has 27 heavy (non-hydrogen) atoms. The van der Waals surface area contributed by atoms with E-state index in [9.17, 15) is 9.18 Å². The van der Waals surface area contributed by atoms with E-state index in [1.165, 1.54) is 12.1 Å². The van der Waals surface area contributed by atoms with Crippen LogP contribution < -0.4 is 0 Å². The molecule has 6 heteroatoms. The molecule has 1 aliphatic rings. The zero-order chi connectivity index (χ0) is 18.6. The molecule has 3 heterocycles. The fourth-order valence-electron chi connectivity index (χ4n) is 3.29. The topological polar surface area (TPSA) is 33.2 Å². The lowest BCUT2D eigenvalue weighted by Crippen LogP contribution is -2.38. The number of aromatic nitrogens is 1. The predicted octanol–water partition coefficient (Wildman–Crippen LogP) is 5.43. The molecule has 0 N–H and O–H groups in total. The first kappa shape index (κ1) is 18.1. The molecule has 1 saturated heterocycles. The third kappa shape index (κ3) is 4.34. The standard InChI is InChI=1S/C21H19FN2OS2/c22-17-5-3-15(4-6-17)19-9-7-18(27-19)8-10-20(25)24-12-1-2-16(14-24)21-23-11-13-26-21/h3-11,13,16H,1-2,12,14H2/b10-8+. The number of thiophene rings is 1. The molecule has 3 aromatic rings. The van der Waals surface area contributed by atoms with E-state index in [-0.39, 0.29) is 11.7 Å². The Morgan fingerprint density at radius 3 is 2.85 bits per heavy atom. The van der Waals surface area contributed by atoms with Crippen molar-refractivity contribution in [1.29, 1.82) is 0 Å². The molecule has 1 amide bonds. The highest BCUT2D eigenvalue weighted by molar-refractivity contribution is 7.16. The summed E-state index contributed by atoms with van der Waals surface area (Å²) < 4.78 is 13.1. The van der Waals surface area contributed by atoms with Gasteiger partial charge < -0.3 is 4.90 Å². The molecular weight excluding hydrogens is 379 g/mol. The van der Waals surface area contributed by atoms with Crippen LogP contribution in [0.25, 0.3) is 16.5 Å². The summed E-state index contributed by atoms with van der Waals surface area (Å²) in [5.41, 5.74) is 0.981. The van der Waals surface area contributed by atoms with Gasteiger partial charge in [-0.1, -0.05) is 12.1 Å². The largest absolute Gasteiger partial charge is 0.338 e. The van der Waals surface area contributed by atoms with Gasteiger partial charge in [0.25, 0.3) is 0 Å². The molecule has 1 aliphatic heterocycles. The van der Waals surface area contributed by atoms with E-state index >= 15 is 0 Å². The van der Waals surface area contributed by atoms with Crippen molar-refractivity contribution in [3.05, 3.63) is 69.8 Å². The molecule has 0 radical (unpaired) electrons. The van der Waals surface area contributed by atoms with Gasteiger partial charge in [-0.25, -0.2) is 9.37 Å². The van der Waals surface area contributed by atoms with E-state index < -0.39 is 0 Å². The lowest BCUT2D eigenvalue weighted by atomic mass is 9.98. The van der Waals surface area contributed by atoms with E-state index in [0.29, 0.717) is 5.92 Å². The highest BCUT2D eigenvalue weighted by Crippen LogP contribution is 2.30. The average Bonchev–Trinajstić information content (AvgIpc) is 3.39. The molecule has 138 valence electrons. The number of hydrogen-bond donors (Lipinski definition) is 0. The van der Waals surface area contributed by atoms with Crippen LogP contribution >= 0.6 is 22.7 Å². The minimum absolute atomic E-state index is 0.0491. The molecule has 2 aromatic heterocycles. The minimum Gasteiger partial charge on any atom is -0.338 e. The van der Waals surface area contributed by atoms with Crippen LogP contribution in [0.15, 0.2) is 54.1 Å². The second-order valence-electron chi connectivity index (χ2n) is 6.54. The van der Waals surface area contributed by atoms with Gasteiger partial charge in [0, 0.05) is 46.4 Å². The SMILES string of the molecule is O=C(/C=C/c1ccc(-c2ccc(F)cc2)s1)N1CCCC(c2nccs2)C1. The molecule has 1 fully saturated rings. The first-order chi connectivity index (χ1) is 13.2. The highest BCUT2D eigenvalue weighted by Gasteiger charge is 2.25. The number of likely N-dealkylation sites (tertiary alicyclic amines) is 1. The number of rotatable bonds is 4. The maximum absolute atomic E-state index is 13.1. The van der Waals surface area contributed by atoms with Crippen LogP contribution in [0.1, 0.15) is 28.6 Å². The van der Waals surface area contributed by atoms with Crippen LogP contribution in [-0.2, 0) is 4.79 Å². The van der Waals surface area contributed by atoms with Gasteiger partial charge in [-0.3, -0.25) is 4.79 Å². The number of amides is 1. The van der Waals surface area contributed by atoms with E-state index in [1.807, 2.05) is 34.7 Å². The van der Waals surface area contributed by atoms with Crippen molar-refractivity contribution in [2.45, 2.75) is 18.8 Å². The first-order valence-corrected chi connectivity index (χ1v) is 10.6. The number of hydrogen-bond acceptors (Lipinski definition) is 4. The van der Waals surface area contributed by atoms with Crippen LogP contribution in [0.2, 0.25) is 0 Å². The number of halogens is 1. The average molecular weight is 399 g/mol. The van der Waals surface area contributed by atoms with Crippen LogP contribution in [0.3, 0.4) is 0 Å². The normalized spacial score (nSPS) is 17.5. The van der Waals surface area contributed by atoms with E-state index in [1.54, 1.807) is 40.9 Å². The summed E-state index contributed by atoms with van der Waals surface area (Å²) in [6, 6.07) is 10.5. The molecular formula is C21H19FN2OS2. The Balaban J connectivity index is 1.40. The number of nitrogens with zero attached hydrogens (tertiary/aromatic N) is 2. The molecule has 1 unspecified atom stereocenters. The van der Waals surface area contributed by atoms with Crippen LogP contribution in [0, 0.1) is 5.82 Å². The number of benzene rings is 1. The molecule has 3 nitrogen and oxygen atoms in total. The van der Waals surface area contributed by atoms with Gasteiger partial charge in [-0.05, 0) is 48.7 Å². The Bertz CT molecular complexity index is 932. The molecule has 0 spiro atoms. The van der Waals surface area contributed by atoms with Crippen LogP contribution in [0.4, 0.5) is 4.39 Å². The van der Waals surface area contributed by atoms with Crippen LogP contribution in [-0.4, -0.2) is 28.9 Å². The lowest BCUT2D eigenvalue weighted by molar-refractivity contribution is -0.127. The summed E-state index contributed by atoms with van der Waals surface area (Å²) in [6.07, 6.45) is 7.46. The second-order valence-corrected chi connectivity index (χ2v) is 8.58. The van der Waals surface area contributed by atoms with Crippen LogP contribution in [0.5, 0.6) is 0 Å². The maximum Gasteiger partial charge on any atom is 0.246 e. The Morgan fingerprint density at radius 2 is 2.07 bits per heavy atom. The monoisotopic (exact) mass is 398 g/mol. The number of piperidine rings is 1. The van der Waals surface area contributed by atoms with Gasteiger partial charge in [0.2, 0.25) is 5.91 Å². The van der Waals surface area contributed by atoms with Crippen molar-refractivity contribution in [3.63, 3.8) is 0 Å². The summed E-state index contributed by atoms with van der Waals surface area (Å²) in [4.78, 5) is 21.0. The van der Waals surface area contributed by atoms with Crippen molar-refractivity contribution >= 4 is 34.7 Å². The first-order valence-electron chi connectivity index (χ1n) is 8.91. The summed E-state index contributed by atoms with van der Waals surface area (Å²) in [7, 11) is 0. The highest BCUT2D eigenvalue weighted by atomic mass is 32.1. The van der Waals surface area contributed by atoms with E-state index in [4.69, 9.17) is 0 Å². The summed E-state index contributed by atoms with van der Waals surface area (Å²) >= 11 is 3.26. The second kappa shape index (κ2) is 8.15. The van der Waals surface area contributed by atoms with Crippen molar-refractivity contribution in [3.8, 4) is 10.4 Å². The molecule has 0 saturated carbocycles. The van der Waals surface area contributed by atoms with Crippen molar-refractivity contribution in [2.75, 3.05) is 13.1 Å². The van der Waals surface area contributed by atoms with E-state index in [0.717, 1.165) is 46.3 Å². The van der Waals surface area contributed by atoms with Crippen molar-refractivity contribution in [2.24, 2.45) is 0 Å². The summed E-state index contributed by atoms with van der Waals surface area (Å²) in [6.45, 7) is 1.54. The number of thiazole rings is 1. The van der Waals surface area contributed by atoms with Gasteiger partial charge in [-0.15, -0.1) is 22.7 Å². The Labute approximate surface area is 165 Å². The van der Waals surface area contributed by atoms with Crippen molar-refractivity contribution in [1.82, 2.24) is 9.88 Å². The summed E-state index contributed by atoms with van der Waals surface area (Å²) in [5, 5.41) is 3.12. The Hall–Kier alpha value is -2.31. The Morgan fingerprint density at radius 1 is 1.22 bits per heavy atom. The molecule has 1 aromatic carbocycles. The van der Waals surface area contributed by atoms with Gasteiger partial charge in [0.15, 0.2) is 0 Å². The molecule has 0 aliphatic carbocycles. The van der Waals surface area contributed by atoms with E-state index in [2.05, 4.69) is 4.98 Å².